The topological polar surface area (TPSA) is 194 Å². The molecule has 0 heterocycles. The van der Waals surface area contributed by atoms with Gasteiger partial charge in [0.2, 0.25) is 23.6 Å². The summed E-state index contributed by atoms with van der Waals surface area (Å²) in [6, 6.07) is -4.12. The fourth-order valence-electron chi connectivity index (χ4n) is 2.95. The molecule has 4 atom stereocenters. The van der Waals surface area contributed by atoms with Crippen LogP contribution >= 0.6 is 11.8 Å². The second-order valence-electron chi connectivity index (χ2n) is 8.71. The molecule has 0 aromatic rings. The molecular formula is C21H39N5O6S. The molecule has 0 aliphatic rings. The van der Waals surface area contributed by atoms with Crippen LogP contribution in [-0.2, 0) is 24.0 Å². The number of carbonyl (C=O) groups is 5. The smallest absolute Gasteiger partial charge is 0.326 e. The van der Waals surface area contributed by atoms with Gasteiger partial charge in [0.15, 0.2) is 0 Å². The van der Waals surface area contributed by atoms with Crippen LogP contribution in [0.25, 0.3) is 0 Å². The molecule has 0 spiro atoms. The molecule has 4 unspecified atom stereocenters. The van der Waals surface area contributed by atoms with E-state index < -0.39 is 53.8 Å². The second-order valence-corrected chi connectivity index (χ2v) is 9.70. The van der Waals surface area contributed by atoms with Gasteiger partial charge in [-0.15, -0.1) is 0 Å². The summed E-state index contributed by atoms with van der Waals surface area (Å²) in [5.41, 5.74) is 11.1. The van der Waals surface area contributed by atoms with Crippen LogP contribution in [0.4, 0.5) is 0 Å². The van der Waals surface area contributed by atoms with E-state index >= 15 is 0 Å². The molecule has 12 heteroatoms. The third kappa shape index (κ3) is 12.5. The lowest BCUT2D eigenvalue weighted by Crippen LogP contribution is -2.58. The number of hydrogen-bond donors (Lipinski definition) is 6. The molecule has 11 nitrogen and oxygen atoms in total. The third-order valence-electron chi connectivity index (χ3n) is 4.85. The number of rotatable bonds is 16. The van der Waals surface area contributed by atoms with E-state index in [9.17, 15) is 29.1 Å². The number of amides is 4. The summed E-state index contributed by atoms with van der Waals surface area (Å²) in [4.78, 5) is 60.9. The predicted molar refractivity (Wildman–Crippen MR) is 127 cm³/mol. The highest BCUT2D eigenvalue weighted by Crippen LogP contribution is 2.09. The molecule has 33 heavy (non-hydrogen) atoms. The van der Waals surface area contributed by atoms with Crippen molar-refractivity contribution in [1.29, 1.82) is 0 Å². The zero-order valence-electron chi connectivity index (χ0n) is 20.1. The first-order chi connectivity index (χ1) is 15.3. The Balaban J connectivity index is 5.45. The minimum Gasteiger partial charge on any atom is -0.480 e. The van der Waals surface area contributed by atoms with Crippen molar-refractivity contribution in [2.45, 2.75) is 77.5 Å². The SMILES string of the molecule is CSCCC(N)C(=O)NC(C(=O)NC(CCC(N)=O)C(=O)NC(CC(C)C)C(=O)O)C(C)C. The zero-order chi connectivity index (χ0) is 25.7. The summed E-state index contributed by atoms with van der Waals surface area (Å²) in [6.45, 7) is 7.07. The molecule has 0 bridgehead atoms. The maximum Gasteiger partial charge on any atom is 0.326 e. The molecule has 0 radical (unpaired) electrons. The van der Waals surface area contributed by atoms with Crippen molar-refractivity contribution in [3.63, 3.8) is 0 Å². The highest BCUT2D eigenvalue weighted by Gasteiger charge is 2.32. The quantitative estimate of drug-likeness (QED) is 0.168. The largest absolute Gasteiger partial charge is 0.480 e. The predicted octanol–water partition coefficient (Wildman–Crippen LogP) is -0.427. The van der Waals surface area contributed by atoms with E-state index in [2.05, 4.69) is 16.0 Å². The summed E-state index contributed by atoms with van der Waals surface area (Å²) < 4.78 is 0. The Morgan fingerprint density at radius 1 is 0.879 bits per heavy atom. The van der Waals surface area contributed by atoms with Gasteiger partial charge >= 0.3 is 5.97 Å². The molecule has 0 aliphatic heterocycles. The number of carboxylic acids is 1. The van der Waals surface area contributed by atoms with E-state index in [-0.39, 0.29) is 31.1 Å². The summed E-state index contributed by atoms with van der Waals surface area (Å²) in [7, 11) is 0. The number of hydrogen-bond acceptors (Lipinski definition) is 7. The Bertz CT molecular complexity index is 688. The Morgan fingerprint density at radius 3 is 1.91 bits per heavy atom. The highest BCUT2D eigenvalue weighted by atomic mass is 32.2. The van der Waals surface area contributed by atoms with Gasteiger partial charge in [0.1, 0.15) is 18.1 Å². The number of nitrogens with one attached hydrogen (secondary N) is 3. The Hall–Kier alpha value is -2.34. The van der Waals surface area contributed by atoms with E-state index in [0.29, 0.717) is 12.2 Å². The monoisotopic (exact) mass is 489 g/mol. The van der Waals surface area contributed by atoms with Gasteiger partial charge in [-0.2, -0.15) is 11.8 Å². The van der Waals surface area contributed by atoms with Crippen molar-refractivity contribution in [2.75, 3.05) is 12.0 Å². The van der Waals surface area contributed by atoms with Crippen LogP contribution in [0, 0.1) is 11.8 Å². The van der Waals surface area contributed by atoms with E-state index in [0.717, 1.165) is 0 Å². The number of nitrogens with two attached hydrogens (primary N) is 2. The van der Waals surface area contributed by atoms with Gasteiger partial charge < -0.3 is 32.5 Å². The minimum absolute atomic E-state index is 0.000844. The molecule has 0 aromatic carbocycles. The zero-order valence-corrected chi connectivity index (χ0v) is 20.9. The Morgan fingerprint density at radius 2 is 1.45 bits per heavy atom. The standard InChI is InChI=1S/C21H39N5O6S/c1-11(2)10-15(21(31)32)25-19(29)14(6-7-16(23)27)24-20(30)17(12(3)4)26-18(28)13(22)8-9-33-5/h11-15,17H,6-10,22H2,1-5H3,(H2,23,27)(H,24,30)(H,25,29)(H,26,28)(H,31,32). The van der Waals surface area contributed by atoms with Crippen molar-refractivity contribution < 1.29 is 29.1 Å². The molecule has 190 valence electrons. The van der Waals surface area contributed by atoms with E-state index in [4.69, 9.17) is 11.5 Å². The molecule has 0 aromatic heterocycles. The van der Waals surface area contributed by atoms with Gasteiger partial charge in [0, 0.05) is 6.42 Å². The normalized spacial score (nSPS) is 14.8. The number of thioether (sulfide) groups is 1. The van der Waals surface area contributed by atoms with Gasteiger partial charge in [-0.05, 0) is 43.1 Å². The van der Waals surface area contributed by atoms with E-state index in [1.165, 1.54) is 0 Å². The van der Waals surface area contributed by atoms with Crippen molar-refractivity contribution in [2.24, 2.45) is 23.3 Å². The lowest BCUT2D eigenvalue weighted by molar-refractivity contribution is -0.143. The van der Waals surface area contributed by atoms with Gasteiger partial charge in [-0.25, -0.2) is 4.79 Å². The number of primary amides is 1. The van der Waals surface area contributed by atoms with E-state index in [1.807, 2.05) is 20.1 Å². The first kappa shape index (κ1) is 30.7. The van der Waals surface area contributed by atoms with Gasteiger partial charge in [-0.3, -0.25) is 19.2 Å². The maximum absolute atomic E-state index is 12.9. The average Bonchev–Trinajstić information content (AvgIpc) is 2.71. The number of aliphatic carboxylic acids is 1. The molecular weight excluding hydrogens is 450 g/mol. The van der Waals surface area contributed by atoms with Crippen molar-refractivity contribution in [1.82, 2.24) is 16.0 Å². The second kappa shape index (κ2) is 15.5. The van der Waals surface area contributed by atoms with Crippen LogP contribution in [-0.4, -0.2) is 70.9 Å². The first-order valence-electron chi connectivity index (χ1n) is 11.0. The fraction of sp³-hybridized carbons (Fsp3) is 0.762. The number of carbonyl (C=O) groups excluding carboxylic acids is 4. The third-order valence-corrected chi connectivity index (χ3v) is 5.49. The van der Waals surface area contributed by atoms with E-state index in [1.54, 1.807) is 25.6 Å². The van der Waals surface area contributed by atoms with Gasteiger partial charge in [0.25, 0.3) is 0 Å². The molecule has 0 fully saturated rings. The average molecular weight is 490 g/mol. The van der Waals surface area contributed by atoms with Crippen LogP contribution in [0.2, 0.25) is 0 Å². The lowest BCUT2D eigenvalue weighted by atomic mass is 10.0. The fourth-order valence-corrected chi connectivity index (χ4v) is 3.44. The minimum atomic E-state index is -1.21. The maximum atomic E-state index is 12.9. The summed E-state index contributed by atoms with van der Waals surface area (Å²) in [5, 5.41) is 16.9. The van der Waals surface area contributed by atoms with Crippen molar-refractivity contribution >= 4 is 41.4 Å². The van der Waals surface area contributed by atoms with Gasteiger partial charge in [0.05, 0.1) is 6.04 Å². The van der Waals surface area contributed by atoms with Crippen molar-refractivity contribution in [3.8, 4) is 0 Å². The first-order valence-corrected chi connectivity index (χ1v) is 12.4. The lowest BCUT2D eigenvalue weighted by Gasteiger charge is -2.27. The summed E-state index contributed by atoms with van der Waals surface area (Å²) in [5.74, 6) is -3.40. The molecule has 4 amide bonds. The molecule has 8 N–H and O–H groups in total. The Kier molecular flexibility index (Phi) is 14.4. The van der Waals surface area contributed by atoms with Crippen LogP contribution in [0.3, 0.4) is 0 Å². The van der Waals surface area contributed by atoms with Crippen molar-refractivity contribution in [3.05, 3.63) is 0 Å². The molecule has 0 rings (SSSR count). The van der Waals surface area contributed by atoms with Crippen LogP contribution in [0.1, 0.15) is 53.4 Å². The van der Waals surface area contributed by atoms with Crippen LogP contribution in [0.5, 0.6) is 0 Å². The number of carboxylic acid groups (broad SMARTS) is 1. The van der Waals surface area contributed by atoms with Gasteiger partial charge in [-0.1, -0.05) is 27.7 Å². The Labute approximate surface area is 199 Å². The van der Waals surface area contributed by atoms with Crippen LogP contribution in [0.15, 0.2) is 0 Å². The summed E-state index contributed by atoms with van der Waals surface area (Å²) >= 11 is 1.55. The van der Waals surface area contributed by atoms with Crippen LogP contribution < -0.4 is 27.4 Å². The summed E-state index contributed by atoms with van der Waals surface area (Å²) in [6.07, 6.45) is 2.21. The molecule has 0 saturated carbocycles. The highest BCUT2D eigenvalue weighted by molar-refractivity contribution is 7.98. The molecule has 0 saturated heterocycles. The molecule has 0 aliphatic carbocycles.